The highest BCUT2D eigenvalue weighted by molar-refractivity contribution is 7.89. The van der Waals surface area contributed by atoms with Crippen LogP contribution in [0, 0.1) is 6.92 Å². The number of carbonyl (C=O) groups excluding carboxylic acids is 2. The van der Waals surface area contributed by atoms with E-state index in [4.69, 9.17) is 4.74 Å². The third kappa shape index (κ3) is 8.36. The van der Waals surface area contributed by atoms with Gasteiger partial charge in [0.25, 0.3) is 5.91 Å². The Morgan fingerprint density at radius 3 is 1.82 bits per heavy atom. The molecule has 40 heavy (non-hydrogen) atoms. The Morgan fingerprint density at radius 1 is 0.725 bits per heavy atom. The van der Waals surface area contributed by atoms with Crippen LogP contribution in [0.5, 0.6) is 0 Å². The number of amides is 1. The SMILES string of the molecule is Cc1ccc(S(=O)(=O)N[C@@H](Cc2ccccc2)C(=O)OC[C@@H](Cc2ccccc2)NC(=O)c2ccccc2)cc1. The van der Waals surface area contributed by atoms with Crippen molar-refractivity contribution in [1.29, 1.82) is 0 Å². The molecular weight excluding hydrogens is 524 g/mol. The molecule has 8 heteroatoms. The van der Waals surface area contributed by atoms with E-state index in [0.29, 0.717) is 12.0 Å². The van der Waals surface area contributed by atoms with E-state index in [9.17, 15) is 18.0 Å². The fourth-order valence-corrected chi connectivity index (χ4v) is 5.37. The van der Waals surface area contributed by atoms with Gasteiger partial charge in [0.15, 0.2) is 0 Å². The largest absolute Gasteiger partial charge is 0.462 e. The van der Waals surface area contributed by atoms with Gasteiger partial charge in [-0.3, -0.25) is 9.59 Å². The minimum Gasteiger partial charge on any atom is -0.462 e. The number of rotatable bonds is 12. The van der Waals surface area contributed by atoms with Crippen LogP contribution in [0.1, 0.15) is 27.0 Å². The van der Waals surface area contributed by atoms with Gasteiger partial charge in [-0.15, -0.1) is 0 Å². The molecule has 0 heterocycles. The van der Waals surface area contributed by atoms with E-state index in [2.05, 4.69) is 10.0 Å². The Labute approximate surface area is 235 Å². The van der Waals surface area contributed by atoms with E-state index < -0.39 is 28.1 Å². The molecule has 1 amide bonds. The summed E-state index contributed by atoms with van der Waals surface area (Å²) in [5, 5.41) is 2.95. The smallest absolute Gasteiger partial charge is 0.324 e. The summed E-state index contributed by atoms with van der Waals surface area (Å²) in [7, 11) is -4.00. The Bertz CT molecular complexity index is 1490. The van der Waals surface area contributed by atoms with Crippen molar-refractivity contribution < 1.29 is 22.7 Å². The van der Waals surface area contributed by atoms with Crippen molar-refractivity contribution in [3.05, 3.63) is 138 Å². The van der Waals surface area contributed by atoms with E-state index in [1.165, 1.54) is 12.1 Å². The van der Waals surface area contributed by atoms with Crippen LogP contribution in [0.2, 0.25) is 0 Å². The Balaban J connectivity index is 1.51. The molecule has 206 valence electrons. The highest BCUT2D eigenvalue weighted by atomic mass is 32.2. The third-order valence-corrected chi connectivity index (χ3v) is 7.81. The van der Waals surface area contributed by atoms with Crippen LogP contribution < -0.4 is 10.0 Å². The van der Waals surface area contributed by atoms with E-state index in [1.54, 1.807) is 36.4 Å². The summed E-state index contributed by atoms with van der Waals surface area (Å²) in [5.41, 5.74) is 3.13. The number of nitrogens with one attached hydrogen (secondary N) is 2. The molecule has 0 bridgehead atoms. The van der Waals surface area contributed by atoms with Gasteiger partial charge in [0.1, 0.15) is 12.6 Å². The molecule has 7 nitrogen and oxygen atoms in total. The van der Waals surface area contributed by atoms with Gasteiger partial charge in [-0.05, 0) is 55.2 Å². The minimum absolute atomic E-state index is 0.0565. The lowest BCUT2D eigenvalue weighted by Gasteiger charge is -2.22. The first-order valence-corrected chi connectivity index (χ1v) is 14.5. The summed E-state index contributed by atoms with van der Waals surface area (Å²) in [5.74, 6) is -1.02. The average molecular weight is 557 g/mol. The first-order chi connectivity index (χ1) is 19.3. The van der Waals surface area contributed by atoms with Crippen molar-refractivity contribution in [3.8, 4) is 0 Å². The van der Waals surface area contributed by atoms with Crippen molar-refractivity contribution in [3.63, 3.8) is 0 Å². The quantitative estimate of drug-likeness (QED) is 0.251. The summed E-state index contributed by atoms with van der Waals surface area (Å²) in [6.07, 6.45) is 0.523. The number of sulfonamides is 1. The molecule has 0 saturated heterocycles. The lowest BCUT2D eigenvalue weighted by Crippen LogP contribution is -2.46. The molecule has 4 aromatic carbocycles. The van der Waals surface area contributed by atoms with E-state index in [1.807, 2.05) is 73.7 Å². The van der Waals surface area contributed by atoms with Crippen molar-refractivity contribution in [1.82, 2.24) is 10.0 Å². The van der Waals surface area contributed by atoms with Crippen molar-refractivity contribution in [2.75, 3.05) is 6.61 Å². The second kappa shape index (κ2) is 13.7. The van der Waals surface area contributed by atoms with Crippen LogP contribution >= 0.6 is 0 Å². The topological polar surface area (TPSA) is 102 Å². The lowest BCUT2D eigenvalue weighted by molar-refractivity contribution is -0.146. The van der Waals surface area contributed by atoms with Gasteiger partial charge in [-0.1, -0.05) is 96.6 Å². The summed E-state index contributed by atoms with van der Waals surface area (Å²) >= 11 is 0. The van der Waals surface area contributed by atoms with Crippen molar-refractivity contribution in [2.45, 2.75) is 36.7 Å². The van der Waals surface area contributed by atoms with Gasteiger partial charge in [0, 0.05) is 5.56 Å². The van der Waals surface area contributed by atoms with Gasteiger partial charge in [-0.2, -0.15) is 4.72 Å². The lowest BCUT2D eigenvalue weighted by atomic mass is 10.1. The summed E-state index contributed by atoms with van der Waals surface area (Å²) in [6, 6.07) is 32.1. The average Bonchev–Trinajstić information content (AvgIpc) is 2.97. The normalized spacial score (nSPS) is 12.7. The molecule has 2 atom stereocenters. The molecule has 0 aliphatic carbocycles. The van der Waals surface area contributed by atoms with Gasteiger partial charge < -0.3 is 10.1 Å². The van der Waals surface area contributed by atoms with Crippen LogP contribution in [0.4, 0.5) is 0 Å². The van der Waals surface area contributed by atoms with Crippen LogP contribution in [0.15, 0.2) is 120 Å². The zero-order valence-electron chi connectivity index (χ0n) is 22.2. The zero-order chi connectivity index (χ0) is 28.4. The molecule has 0 spiro atoms. The second-order valence-corrected chi connectivity index (χ2v) is 11.2. The van der Waals surface area contributed by atoms with E-state index in [0.717, 1.165) is 16.7 Å². The van der Waals surface area contributed by atoms with Gasteiger partial charge in [-0.25, -0.2) is 8.42 Å². The van der Waals surface area contributed by atoms with Crippen LogP contribution in [-0.4, -0.2) is 39.0 Å². The number of ether oxygens (including phenoxy) is 1. The number of esters is 1. The fourth-order valence-electron chi connectivity index (χ4n) is 4.19. The molecule has 0 fully saturated rings. The van der Waals surface area contributed by atoms with Crippen molar-refractivity contribution >= 4 is 21.9 Å². The van der Waals surface area contributed by atoms with Gasteiger partial charge in [0.2, 0.25) is 10.0 Å². The number of hydrogen-bond donors (Lipinski definition) is 2. The van der Waals surface area contributed by atoms with Crippen molar-refractivity contribution in [2.24, 2.45) is 0 Å². The molecule has 4 aromatic rings. The predicted octanol–water partition coefficient (Wildman–Crippen LogP) is 4.47. The third-order valence-electron chi connectivity index (χ3n) is 6.32. The molecular formula is C32H32N2O5S. The number of benzene rings is 4. The molecule has 0 saturated carbocycles. The molecule has 0 aromatic heterocycles. The minimum atomic E-state index is -4.00. The second-order valence-electron chi connectivity index (χ2n) is 9.53. The standard InChI is InChI=1S/C32H32N2O5S/c1-24-17-19-29(20-18-24)40(37,38)34-30(22-26-13-7-3-8-14-26)32(36)39-23-28(21-25-11-5-2-6-12-25)33-31(35)27-15-9-4-10-16-27/h2-20,28,30,34H,21-23H2,1H3,(H,33,35)/t28-,30+/m1/s1. The molecule has 0 aliphatic heterocycles. The maximum absolute atomic E-state index is 13.4. The monoisotopic (exact) mass is 556 g/mol. The Hall–Kier alpha value is -4.27. The summed E-state index contributed by atoms with van der Waals surface area (Å²) in [6.45, 7) is 1.73. The maximum Gasteiger partial charge on any atom is 0.324 e. The highest BCUT2D eigenvalue weighted by Gasteiger charge is 2.28. The summed E-state index contributed by atoms with van der Waals surface area (Å²) in [4.78, 5) is 26.3. The molecule has 0 unspecified atom stereocenters. The number of carbonyl (C=O) groups is 2. The fraction of sp³-hybridized carbons (Fsp3) is 0.188. The highest BCUT2D eigenvalue weighted by Crippen LogP contribution is 2.14. The number of aryl methyl sites for hydroxylation is 1. The predicted molar refractivity (Wildman–Crippen MR) is 154 cm³/mol. The number of hydrogen-bond acceptors (Lipinski definition) is 5. The molecule has 0 radical (unpaired) electrons. The first kappa shape index (κ1) is 28.7. The Kier molecular flexibility index (Phi) is 9.83. The molecule has 2 N–H and O–H groups in total. The summed E-state index contributed by atoms with van der Waals surface area (Å²) < 4.78 is 34.5. The van der Waals surface area contributed by atoms with Crippen LogP contribution in [0.3, 0.4) is 0 Å². The van der Waals surface area contributed by atoms with Gasteiger partial charge >= 0.3 is 5.97 Å². The molecule has 4 rings (SSSR count). The molecule has 0 aliphatic rings. The first-order valence-electron chi connectivity index (χ1n) is 13.0. The maximum atomic E-state index is 13.4. The Morgan fingerprint density at radius 2 is 1.25 bits per heavy atom. The van der Waals surface area contributed by atoms with Gasteiger partial charge in [0.05, 0.1) is 10.9 Å². The van der Waals surface area contributed by atoms with Crippen LogP contribution in [-0.2, 0) is 32.4 Å². The van der Waals surface area contributed by atoms with Crippen LogP contribution in [0.25, 0.3) is 0 Å². The zero-order valence-corrected chi connectivity index (χ0v) is 23.0. The van der Waals surface area contributed by atoms with E-state index >= 15 is 0 Å². The van der Waals surface area contributed by atoms with E-state index in [-0.39, 0.29) is 23.8 Å².